The molecule has 1 heterocycles. The molecule has 0 radical (unpaired) electrons. The minimum Gasteiger partial charge on any atom is -0.457 e. The number of hydrazone groups is 1. The number of aryl methyl sites for hydroxylation is 1. The van der Waals surface area contributed by atoms with Crippen LogP contribution in [0.4, 0.5) is 11.5 Å². The van der Waals surface area contributed by atoms with E-state index < -0.39 is 0 Å². The minimum absolute atomic E-state index is 0.0500. The Morgan fingerprint density at radius 1 is 1.06 bits per heavy atom. The maximum atomic E-state index is 11.5. The fourth-order valence-corrected chi connectivity index (χ4v) is 3.19. The topological polar surface area (TPSA) is 97.7 Å². The van der Waals surface area contributed by atoms with Crippen molar-refractivity contribution in [2.24, 2.45) is 5.10 Å². The molecule has 4 rings (SSSR count). The summed E-state index contributed by atoms with van der Waals surface area (Å²) in [6.07, 6.45) is 3.08. The molecule has 0 aliphatic carbocycles. The molecule has 166 valence electrons. The van der Waals surface area contributed by atoms with Crippen LogP contribution in [0.3, 0.4) is 0 Å². The fraction of sp³-hybridized carbons (Fsp3) is 0.120. The molecule has 0 saturated heterocycles. The SMILES string of the molecule is COCC(=O)N/N=C/c1ccc2ncnc(Nc3ccc(Oc4ccccc4)c(C)c3)c2c1. The summed E-state index contributed by atoms with van der Waals surface area (Å²) in [6, 6.07) is 21.2. The average Bonchev–Trinajstić information content (AvgIpc) is 2.82. The Balaban J connectivity index is 1.53. The van der Waals surface area contributed by atoms with Gasteiger partial charge in [0.15, 0.2) is 0 Å². The summed E-state index contributed by atoms with van der Waals surface area (Å²) < 4.78 is 10.7. The minimum atomic E-state index is -0.324. The summed E-state index contributed by atoms with van der Waals surface area (Å²) in [5, 5.41) is 8.14. The van der Waals surface area contributed by atoms with Gasteiger partial charge in [0.1, 0.15) is 30.3 Å². The lowest BCUT2D eigenvalue weighted by Gasteiger charge is -2.12. The molecule has 8 nitrogen and oxygen atoms in total. The van der Waals surface area contributed by atoms with Crippen molar-refractivity contribution < 1.29 is 14.3 Å². The number of hydrogen-bond donors (Lipinski definition) is 2. The number of nitrogens with zero attached hydrogens (tertiary/aromatic N) is 3. The predicted molar refractivity (Wildman–Crippen MR) is 128 cm³/mol. The van der Waals surface area contributed by atoms with Crippen molar-refractivity contribution in [3.63, 3.8) is 0 Å². The summed E-state index contributed by atoms with van der Waals surface area (Å²) >= 11 is 0. The van der Waals surface area contributed by atoms with Crippen LogP contribution in [0.1, 0.15) is 11.1 Å². The molecule has 0 saturated carbocycles. The van der Waals surface area contributed by atoms with Gasteiger partial charge in [0.2, 0.25) is 0 Å². The Bertz CT molecular complexity index is 1290. The second kappa shape index (κ2) is 10.3. The van der Waals surface area contributed by atoms with Gasteiger partial charge < -0.3 is 14.8 Å². The number of benzene rings is 3. The fourth-order valence-electron chi connectivity index (χ4n) is 3.19. The number of carbonyl (C=O) groups excluding carboxylic acids is 1. The van der Waals surface area contributed by atoms with E-state index in [1.807, 2.05) is 73.7 Å². The smallest absolute Gasteiger partial charge is 0.266 e. The highest BCUT2D eigenvalue weighted by atomic mass is 16.5. The first-order valence-corrected chi connectivity index (χ1v) is 10.3. The summed E-state index contributed by atoms with van der Waals surface area (Å²) in [7, 11) is 1.45. The van der Waals surface area contributed by atoms with E-state index >= 15 is 0 Å². The van der Waals surface area contributed by atoms with Gasteiger partial charge in [-0.1, -0.05) is 24.3 Å². The molecule has 4 aromatic rings. The number of fused-ring (bicyclic) bond motifs is 1. The number of anilines is 2. The molecule has 0 aliphatic heterocycles. The molecule has 1 aromatic heterocycles. The van der Waals surface area contributed by atoms with Crippen LogP contribution in [0.25, 0.3) is 10.9 Å². The molecule has 33 heavy (non-hydrogen) atoms. The average molecular weight is 441 g/mol. The Morgan fingerprint density at radius 2 is 1.91 bits per heavy atom. The van der Waals surface area contributed by atoms with E-state index in [9.17, 15) is 4.79 Å². The number of carbonyl (C=O) groups is 1. The van der Waals surface area contributed by atoms with Crippen molar-refractivity contribution in [2.75, 3.05) is 19.0 Å². The van der Waals surface area contributed by atoms with E-state index in [0.29, 0.717) is 5.82 Å². The van der Waals surface area contributed by atoms with E-state index in [1.165, 1.54) is 13.4 Å². The largest absolute Gasteiger partial charge is 0.457 e. The zero-order valence-electron chi connectivity index (χ0n) is 18.3. The van der Waals surface area contributed by atoms with E-state index in [-0.39, 0.29) is 12.5 Å². The van der Waals surface area contributed by atoms with Crippen LogP contribution in [0.15, 0.2) is 78.2 Å². The first kappa shape index (κ1) is 21.9. The molecular formula is C25H23N5O3. The normalized spacial score (nSPS) is 11.0. The van der Waals surface area contributed by atoms with E-state index in [4.69, 9.17) is 9.47 Å². The van der Waals surface area contributed by atoms with Gasteiger partial charge in [-0.3, -0.25) is 4.79 Å². The number of aromatic nitrogens is 2. The zero-order valence-corrected chi connectivity index (χ0v) is 18.3. The van der Waals surface area contributed by atoms with Gasteiger partial charge in [0.05, 0.1) is 11.7 Å². The molecule has 0 bridgehead atoms. The molecule has 1 amide bonds. The summed E-state index contributed by atoms with van der Waals surface area (Å²) in [6.45, 7) is 1.94. The zero-order chi connectivity index (χ0) is 23.0. The molecule has 8 heteroatoms. The van der Waals surface area contributed by atoms with Crippen LogP contribution in [0.5, 0.6) is 11.5 Å². The Hall–Kier alpha value is -4.30. The number of hydrogen-bond acceptors (Lipinski definition) is 7. The highest BCUT2D eigenvalue weighted by Crippen LogP contribution is 2.29. The highest BCUT2D eigenvalue weighted by Gasteiger charge is 2.08. The van der Waals surface area contributed by atoms with Gasteiger partial charge in [0.25, 0.3) is 5.91 Å². The third-order valence-corrected chi connectivity index (χ3v) is 4.75. The maximum absolute atomic E-state index is 11.5. The molecule has 0 fully saturated rings. The summed E-state index contributed by atoms with van der Waals surface area (Å²) in [4.78, 5) is 20.2. The van der Waals surface area contributed by atoms with E-state index in [2.05, 4.69) is 25.8 Å². The first-order chi connectivity index (χ1) is 16.1. The van der Waals surface area contributed by atoms with E-state index in [0.717, 1.165) is 39.2 Å². The molecule has 0 spiro atoms. The van der Waals surface area contributed by atoms with Crippen molar-refractivity contribution in [1.82, 2.24) is 15.4 Å². The Kier molecular flexibility index (Phi) is 6.87. The maximum Gasteiger partial charge on any atom is 0.266 e. The quantitative estimate of drug-likeness (QED) is 0.307. The molecule has 2 N–H and O–H groups in total. The summed E-state index contributed by atoms with van der Waals surface area (Å²) in [5.41, 5.74) is 5.85. The summed E-state index contributed by atoms with van der Waals surface area (Å²) in [5.74, 6) is 1.91. The predicted octanol–water partition coefficient (Wildman–Crippen LogP) is 4.57. The molecule has 0 atom stereocenters. The van der Waals surface area contributed by atoms with Crippen LogP contribution in [0, 0.1) is 6.92 Å². The molecule has 3 aromatic carbocycles. The van der Waals surface area contributed by atoms with Crippen molar-refractivity contribution in [1.29, 1.82) is 0 Å². The molecular weight excluding hydrogens is 418 g/mol. The molecule has 0 aliphatic rings. The van der Waals surface area contributed by atoms with Crippen LogP contribution in [-0.4, -0.2) is 35.8 Å². The Morgan fingerprint density at radius 3 is 2.70 bits per heavy atom. The van der Waals surface area contributed by atoms with Crippen molar-refractivity contribution in [3.05, 3.63) is 84.2 Å². The van der Waals surface area contributed by atoms with Gasteiger partial charge in [-0.15, -0.1) is 0 Å². The number of ether oxygens (including phenoxy) is 2. The van der Waals surface area contributed by atoms with Gasteiger partial charge >= 0.3 is 0 Å². The standard InChI is InChI=1S/C25H23N5O3/c1-17-12-19(9-11-23(17)33-20-6-4-3-5-7-20)29-25-21-13-18(8-10-22(21)26-16-27-25)14-28-30-24(31)15-32-2/h3-14,16H,15H2,1-2H3,(H,30,31)(H,26,27,29)/b28-14+. The number of para-hydroxylation sites is 1. The lowest BCUT2D eigenvalue weighted by atomic mass is 10.1. The van der Waals surface area contributed by atoms with E-state index in [1.54, 1.807) is 6.21 Å². The third kappa shape index (κ3) is 5.69. The van der Waals surface area contributed by atoms with Gasteiger partial charge in [0, 0.05) is 18.2 Å². The van der Waals surface area contributed by atoms with Gasteiger partial charge in [-0.25, -0.2) is 15.4 Å². The lowest BCUT2D eigenvalue weighted by molar-refractivity contribution is -0.124. The second-order valence-corrected chi connectivity index (χ2v) is 7.25. The monoisotopic (exact) mass is 441 g/mol. The Labute approximate surface area is 191 Å². The lowest BCUT2D eigenvalue weighted by Crippen LogP contribution is -2.22. The molecule has 0 unspecified atom stereocenters. The first-order valence-electron chi connectivity index (χ1n) is 10.3. The van der Waals surface area contributed by atoms with Crippen LogP contribution < -0.4 is 15.5 Å². The third-order valence-electron chi connectivity index (χ3n) is 4.75. The number of nitrogens with one attached hydrogen (secondary N) is 2. The van der Waals surface area contributed by atoms with Crippen LogP contribution >= 0.6 is 0 Å². The van der Waals surface area contributed by atoms with Crippen molar-refractivity contribution >= 4 is 34.5 Å². The van der Waals surface area contributed by atoms with Crippen LogP contribution in [-0.2, 0) is 9.53 Å². The van der Waals surface area contributed by atoms with Crippen molar-refractivity contribution in [3.8, 4) is 11.5 Å². The second-order valence-electron chi connectivity index (χ2n) is 7.25. The number of rotatable bonds is 8. The number of methoxy groups -OCH3 is 1. The van der Waals surface area contributed by atoms with Gasteiger partial charge in [-0.2, -0.15) is 5.10 Å². The highest BCUT2D eigenvalue weighted by molar-refractivity contribution is 5.95. The van der Waals surface area contributed by atoms with Gasteiger partial charge in [-0.05, 0) is 60.5 Å². The number of amides is 1. The van der Waals surface area contributed by atoms with Crippen molar-refractivity contribution in [2.45, 2.75) is 6.92 Å². The van der Waals surface area contributed by atoms with Crippen LogP contribution in [0.2, 0.25) is 0 Å².